The Bertz CT molecular complexity index is 989. The Morgan fingerprint density at radius 3 is 2.16 bits per heavy atom. The first-order chi connectivity index (χ1) is 15.3. The molecular formula is C24H26F2N4O2. The zero-order valence-corrected chi connectivity index (χ0v) is 18.1. The number of benzene rings is 2. The second-order valence-electron chi connectivity index (χ2n) is 8.20. The minimum absolute atomic E-state index is 0.252. The molecule has 6 nitrogen and oxygen atoms in total. The first-order valence-electron chi connectivity index (χ1n) is 10.5. The molecule has 1 fully saturated rings. The van der Waals surface area contributed by atoms with E-state index < -0.39 is 29.1 Å². The van der Waals surface area contributed by atoms with Gasteiger partial charge in [0, 0.05) is 32.7 Å². The highest BCUT2D eigenvalue weighted by Crippen LogP contribution is 2.16. The van der Waals surface area contributed by atoms with E-state index in [1.165, 1.54) is 6.07 Å². The van der Waals surface area contributed by atoms with Gasteiger partial charge < -0.3 is 10.2 Å². The number of rotatable bonds is 6. The Labute approximate surface area is 186 Å². The molecule has 0 saturated carbocycles. The zero-order valence-electron chi connectivity index (χ0n) is 18.1. The number of piperazine rings is 1. The number of halogens is 2. The number of hydrogen-bond donors (Lipinski definition) is 1. The molecule has 0 spiro atoms. The predicted octanol–water partition coefficient (Wildman–Crippen LogP) is 2.94. The minimum Gasteiger partial charge on any atom is -0.340 e. The summed E-state index contributed by atoms with van der Waals surface area (Å²) in [4.78, 5) is 29.5. The molecule has 1 heterocycles. The summed E-state index contributed by atoms with van der Waals surface area (Å²) in [6, 6.07) is 11.8. The number of hydrogen-bond acceptors (Lipinski definition) is 4. The van der Waals surface area contributed by atoms with Crippen LogP contribution in [-0.2, 0) is 11.3 Å². The highest BCUT2D eigenvalue weighted by atomic mass is 19.1. The van der Waals surface area contributed by atoms with E-state index in [0.29, 0.717) is 38.3 Å². The highest BCUT2D eigenvalue weighted by Gasteiger charge is 2.32. The molecule has 0 aromatic heterocycles. The van der Waals surface area contributed by atoms with E-state index in [1.807, 2.05) is 12.1 Å². The van der Waals surface area contributed by atoms with Crippen LogP contribution in [-0.4, -0.2) is 53.8 Å². The van der Waals surface area contributed by atoms with Gasteiger partial charge >= 0.3 is 0 Å². The van der Waals surface area contributed by atoms with Gasteiger partial charge in [0.25, 0.3) is 5.91 Å². The molecule has 1 saturated heterocycles. The molecule has 8 heteroatoms. The van der Waals surface area contributed by atoms with E-state index >= 15 is 0 Å². The summed E-state index contributed by atoms with van der Waals surface area (Å²) < 4.78 is 27.9. The molecular weight excluding hydrogens is 414 g/mol. The number of nitriles is 1. The lowest BCUT2D eigenvalue weighted by Crippen LogP contribution is -2.56. The van der Waals surface area contributed by atoms with Crippen molar-refractivity contribution in [1.29, 1.82) is 5.26 Å². The summed E-state index contributed by atoms with van der Waals surface area (Å²) in [6.45, 7) is 6.57. The van der Waals surface area contributed by atoms with Crippen molar-refractivity contribution in [2.45, 2.75) is 26.4 Å². The maximum Gasteiger partial charge on any atom is 0.257 e. The molecule has 168 valence electrons. The average Bonchev–Trinajstić information content (AvgIpc) is 2.78. The number of nitrogens with zero attached hydrogens (tertiary/aromatic N) is 3. The van der Waals surface area contributed by atoms with Crippen LogP contribution < -0.4 is 5.32 Å². The van der Waals surface area contributed by atoms with Crippen LogP contribution in [0.4, 0.5) is 8.78 Å². The summed E-state index contributed by atoms with van der Waals surface area (Å²) in [7, 11) is 0. The van der Waals surface area contributed by atoms with Crippen molar-refractivity contribution in [1.82, 2.24) is 15.1 Å². The molecule has 2 aromatic carbocycles. The van der Waals surface area contributed by atoms with Crippen molar-refractivity contribution in [2.75, 3.05) is 26.2 Å². The molecule has 0 radical (unpaired) electrons. The monoisotopic (exact) mass is 440 g/mol. The minimum atomic E-state index is -0.964. The standard InChI is InChI=1S/C24H26F2N4O2/c1-16(2)22(28-23(31)21-19(25)4-3-5-20(21)26)24(32)30-12-10-29(11-13-30)15-18-8-6-17(14-27)7-9-18/h3-9,16,22H,10-13,15H2,1-2H3,(H,28,31)/t22-/m0/s1. The van der Waals surface area contributed by atoms with Crippen LogP contribution >= 0.6 is 0 Å². The SMILES string of the molecule is CC(C)[C@H](NC(=O)c1c(F)cccc1F)C(=O)N1CCN(Cc2ccc(C#N)cc2)CC1. The van der Waals surface area contributed by atoms with Gasteiger partial charge in [0.2, 0.25) is 5.91 Å². The molecule has 0 bridgehead atoms. The van der Waals surface area contributed by atoms with Crippen molar-refractivity contribution in [3.05, 3.63) is 70.8 Å². The van der Waals surface area contributed by atoms with Crippen molar-refractivity contribution in [2.24, 2.45) is 5.92 Å². The highest BCUT2D eigenvalue weighted by molar-refractivity contribution is 5.98. The summed E-state index contributed by atoms with van der Waals surface area (Å²) in [5.74, 6) is -3.38. The van der Waals surface area contributed by atoms with Crippen molar-refractivity contribution < 1.29 is 18.4 Å². The molecule has 0 aliphatic carbocycles. The van der Waals surface area contributed by atoms with Crippen molar-refractivity contribution >= 4 is 11.8 Å². The fraction of sp³-hybridized carbons (Fsp3) is 0.375. The Hall–Kier alpha value is -3.31. The van der Waals surface area contributed by atoms with E-state index in [4.69, 9.17) is 5.26 Å². The van der Waals surface area contributed by atoms with Crippen LogP contribution in [0.25, 0.3) is 0 Å². The lowest BCUT2D eigenvalue weighted by atomic mass is 10.0. The molecule has 1 aliphatic heterocycles. The van der Waals surface area contributed by atoms with Gasteiger partial charge in [-0.15, -0.1) is 0 Å². The Kier molecular flexibility index (Phi) is 7.54. The Morgan fingerprint density at radius 1 is 1.03 bits per heavy atom. The van der Waals surface area contributed by atoms with E-state index in [-0.39, 0.29) is 11.8 Å². The largest absolute Gasteiger partial charge is 0.340 e. The van der Waals surface area contributed by atoms with Crippen molar-refractivity contribution in [3.8, 4) is 6.07 Å². The molecule has 0 unspecified atom stereocenters. The van der Waals surface area contributed by atoms with Crippen LogP contribution in [0.1, 0.15) is 35.3 Å². The molecule has 2 aromatic rings. The fourth-order valence-electron chi connectivity index (χ4n) is 3.71. The normalized spacial score (nSPS) is 15.3. The van der Waals surface area contributed by atoms with E-state index in [1.54, 1.807) is 30.9 Å². The van der Waals surface area contributed by atoms with Crippen molar-refractivity contribution in [3.63, 3.8) is 0 Å². The topological polar surface area (TPSA) is 76.4 Å². The van der Waals surface area contributed by atoms with Gasteiger partial charge in [0.05, 0.1) is 11.6 Å². The second-order valence-corrected chi connectivity index (χ2v) is 8.20. The van der Waals surface area contributed by atoms with E-state index in [9.17, 15) is 18.4 Å². The van der Waals surface area contributed by atoms with Crippen LogP contribution in [0.5, 0.6) is 0 Å². The van der Waals surface area contributed by atoms with Gasteiger partial charge in [-0.05, 0) is 35.7 Å². The molecule has 1 aliphatic rings. The van der Waals surface area contributed by atoms with Gasteiger partial charge in [-0.2, -0.15) is 5.26 Å². The summed E-state index contributed by atoms with van der Waals surface area (Å²) in [5.41, 5.74) is 1.02. The number of amides is 2. The predicted molar refractivity (Wildman–Crippen MR) is 115 cm³/mol. The summed E-state index contributed by atoms with van der Waals surface area (Å²) in [6.07, 6.45) is 0. The smallest absolute Gasteiger partial charge is 0.257 e. The van der Waals surface area contributed by atoms with Crippen LogP contribution in [0.3, 0.4) is 0 Å². The van der Waals surface area contributed by atoms with Gasteiger partial charge in [-0.3, -0.25) is 14.5 Å². The molecule has 32 heavy (non-hydrogen) atoms. The summed E-state index contributed by atoms with van der Waals surface area (Å²) >= 11 is 0. The average molecular weight is 440 g/mol. The van der Waals surface area contributed by atoms with Crippen LogP contribution in [0, 0.1) is 28.9 Å². The lowest BCUT2D eigenvalue weighted by Gasteiger charge is -2.37. The molecule has 2 amide bonds. The van der Waals surface area contributed by atoms with E-state index in [0.717, 1.165) is 17.7 Å². The van der Waals surface area contributed by atoms with Gasteiger partial charge in [0.15, 0.2) is 0 Å². The third kappa shape index (κ3) is 5.48. The van der Waals surface area contributed by atoms with Gasteiger partial charge in [0.1, 0.15) is 23.2 Å². The van der Waals surface area contributed by atoms with Gasteiger partial charge in [-0.25, -0.2) is 8.78 Å². The zero-order chi connectivity index (χ0) is 23.3. The van der Waals surface area contributed by atoms with E-state index in [2.05, 4.69) is 16.3 Å². The molecule has 3 rings (SSSR count). The third-order valence-electron chi connectivity index (χ3n) is 5.58. The maximum atomic E-state index is 14.0. The first-order valence-corrected chi connectivity index (χ1v) is 10.5. The molecule has 1 N–H and O–H groups in total. The van der Waals surface area contributed by atoms with Gasteiger partial charge in [-0.1, -0.05) is 32.0 Å². The third-order valence-corrected chi connectivity index (χ3v) is 5.58. The Balaban J connectivity index is 1.60. The van der Waals surface area contributed by atoms with Crippen LogP contribution in [0.2, 0.25) is 0 Å². The first kappa shape index (κ1) is 23.4. The lowest BCUT2D eigenvalue weighted by molar-refractivity contribution is -0.136. The number of nitrogens with one attached hydrogen (secondary N) is 1. The quantitative estimate of drug-likeness (QED) is 0.750. The fourth-order valence-corrected chi connectivity index (χ4v) is 3.71. The summed E-state index contributed by atoms with van der Waals surface area (Å²) in [5, 5.41) is 11.4. The maximum absolute atomic E-state index is 14.0. The number of carbonyl (C=O) groups is 2. The molecule has 1 atom stereocenters. The Morgan fingerprint density at radius 2 is 1.62 bits per heavy atom. The number of carbonyl (C=O) groups excluding carboxylic acids is 2. The second kappa shape index (κ2) is 10.3. The van der Waals surface area contributed by atoms with Crippen LogP contribution in [0.15, 0.2) is 42.5 Å².